The van der Waals surface area contributed by atoms with Crippen molar-refractivity contribution in [3.05, 3.63) is 34.5 Å². The summed E-state index contributed by atoms with van der Waals surface area (Å²) < 4.78 is 0. The first-order valence-electron chi connectivity index (χ1n) is 4.59. The maximum absolute atomic E-state index is 6.89. The summed E-state index contributed by atoms with van der Waals surface area (Å²) in [5, 5.41) is 0.765. The van der Waals surface area contributed by atoms with Gasteiger partial charge in [0.25, 0.3) is 0 Å². The number of nitrogens with zero attached hydrogens (tertiary/aromatic N) is 1. The Morgan fingerprint density at radius 1 is 1.43 bits per heavy atom. The summed E-state index contributed by atoms with van der Waals surface area (Å²) in [5.41, 5.74) is 1.46. The molecule has 1 aromatic rings. The smallest absolute Gasteiger partial charge is 0.227 e. The molecule has 1 nitrogen and oxygen atoms in total. The van der Waals surface area contributed by atoms with Crippen molar-refractivity contribution in [3.63, 3.8) is 0 Å². The highest BCUT2D eigenvalue weighted by atomic mass is 32.1. The topological polar surface area (TPSA) is 4.36 Å². The van der Waals surface area contributed by atoms with Crippen LogP contribution in [0.2, 0.25) is 0 Å². The molecule has 0 aliphatic heterocycles. The molecular formula is C12H15NS. The van der Waals surface area contributed by atoms with E-state index < -0.39 is 0 Å². The highest BCUT2D eigenvalue weighted by molar-refractivity contribution is 7.17. The van der Waals surface area contributed by atoms with Gasteiger partial charge < -0.3 is 0 Å². The fraction of sp³-hybridized carbons (Fsp3) is 0.417. The zero-order valence-electron chi connectivity index (χ0n) is 9.09. The fourth-order valence-electron chi connectivity index (χ4n) is 1.32. The van der Waals surface area contributed by atoms with Gasteiger partial charge in [-0.3, -0.25) is 0 Å². The second-order valence-electron chi connectivity index (χ2n) is 4.44. The maximum Gasteiger partial charge on any atom is 0.241 e. The van der Waals surface area contributed by atoms with Crippen LogP contribution < -0.4 is 0 Å². The van der Waals surface area contributed by atoms with Gasteiger partial charge in [-0.1, -0.05) is 32.9 Å². The van der Waals surface area contributed by atoms with Crippen LogP contribution in [0.25, 0.3) is 10.4 Å². The Bertz CT molecular complexity index is 385. The summed E-state index contributed by atoms with van der Waals surface area (Å²) in [6.07, 6.45) is 2.24. The van der Waals surface area contributed by atoms with E-state index in [0.29, 0.717) is 0 Å². The van der Waals surface area contributed by atoms with Crippen LogP contribution in [0.1, 0.15) is 32.6 Å². The first-order valence-corrected chi connectivity index (χ1v) is 5.41. The molecule has 0 saturated carbocycles. The van der Waals surface area contributed by atoms with Crippen molar-refractivity contribution in [2.24, 2.45) is 5.41 Å². The molecular weight excluding hydrogens is 190 g/mol. The molecule has 1 aromatic heterocycles. The third-order valence-corrected chi connectivity index (χ3v) is 2.85. The van der Waals surface area contributed by atoms with Crippen molar-refractivity contribution in [1.82, 2.24) is 0 Å². The SMILES string of the molecule is [C-]#[N+]c1ccc(/C(C)=C/C(C)(C)C)s1. The predicted octanol–water partition coefficient (Wildman–Crippen LogP) is 4.75. The minimum absolute atomic E-state index is 0.201. The summed E-state index contributed by atoms with van der Waals surface area (Å²) >= 11 is 1.56. The third-order valence-electron chi connectivity index (χ3n) is 1.74. The van der Waals surface area contributed by atoms with Gasteiger partial charge in [-0.05, 0) is 24.0 Å². The van der Waals surface area contributed by atoms with Crippen molar-refractivity contribution >= 4 is 21.9 Å². The Kier molecular flexibility index (Phi) is 3.13. The van der Waals surface area contributed by atoms with E-state index in [-0.39, 0.29) is 5.41 Å². The lowest BCUT2D eigenvalue weighted by Crippen LogP contribution is -1.99. The summed E-state index contributed by atoms with van der Waals surface area (Å²) in [6.45, 7) is 15.5. The molecule has 0 unspecified atom stereocenters. The van der Waals surface area contributed by atoms with E-state index in [1.165, 1.54) is 10.5 Å². The van der Waals surface area contributed by atoms with E-state index in [9.17, 15) is 0 Å². The van der Waals surface area contributed by atoms with Gasteiger partial charge in [-0.15, -0.1) is 0 Å². The van der Waals surface area contributed by atoms with Crippen LogP contribution in [0.4, 0.5) is 5.00 Å². The zero-order chi connectivity index (χ0) is 10.8. The molecule has 1 rings (SSSR count). The molecule has 0 fully saturated rings. The van der Waals surface area contributed by atoms with Crippen LogP contribution in [0.3, 0.4) is 0 Å². The number of thiophene rings is 1. The lowest BCUT2D eigenvalue weighted by molar-refractivity contribution is 0.545. The Morgan fingerprint density at radius 3 is 2.50 bits per heavy atom. The summed E-state index contributed by atoms with van der Waals surface area (Å²) in [5.74, 6) is 0. The van der Waals surface area contributed by atoms with Crippen molar-refractivity contribution in [1.29, 1.82) is 0 Å². The molecule has 14 heavy (non-hydrogen) atoms. The molecule has 74 valence electrons. The Balaban J connectivity index is 2.96. The van der Waals surface area contributed by atoms with Crippen molar-refractivity contribution in [2.75, 3.05) is 0 Å². The lowest BCUT2D eigenvalue weighted by atomic mass is 9.93. The maximum atomic E-state index is 6.89. The molecule has 0 bridgehead atoms. The van der Waals surface area contributed by atoms with Gasteiger partial charge in [-0.2, -0.15) is 11.3 Å². The van der Waals surface area contributed by atoms with Crippen molar-refractivity contribution in [3.8, 4) is 0 Å². The summed E-state index contributed by atoms with van der Waals surface area (Å²) in [7, 11) is 0. The minimum Gasteiger partial charge on any atom is -0.227 e. The summed E-state index contributed by atoms with van der Waals surface area (Å²) in [4.78, 5) is 4.61. The first kappa shape index (κ1) is 11.0. The van der Waals surface area contributed by atoms with Crippen LogP contribution >= 0.6 is 11.3 Å². The number of rotatable bonds is 1. The second kappa shape index (κ2) is 3.98. The van der Waals surface area contributed by atoms with Gasteiger partial charge in [0.15, 0.2) is 0 Å². The average Bonchev–Trinajstić information content (AvgIpc) is 2.48. The van der Waals surface area contributed by atoms with E-state index >= 15 is 0 Å². The molecule has 0 radical (unpaired) electrons. The van der Waals surface area contributed by atoms with Crippen molar-refractivity contribution < 1.29 is 0 Å². The van der Waals surface area contributed by atoms with E-state index in [4.69, 9.17) is 6.57 Å². The minimum atomic E-state index is 0.201. The molecule has 0 aromatic carbocycles. The number of allylic oxidation sites excluding steroid dienone is 2. The molecule has 0 atom stereocenters. The van der Waals surface area contributed by atoms with E-state index in [1.807, 2.05) is 12.1 Å². The Morgan fingerprint density at radius 2 is 2.07 bits per heavy atom. The van der Waals surface area contributed by atoms with Crippen LogP contribution in [0.5, 0.6) is 0 Å². The fourth-order valence-corrected chi connectivity index (χ4v) is 2.08. The van der Waals surface area contributed by atoms with Gasteiger partial charge in [0.1, 0.15) is 0 Å². The highest BCUT2D eigenvalue weighted by Gasteiger charge is 2.08. The van der Waals surface area contributed by atoms with E-state index in [2.05, 4.69) is 38.6 Å². The monoisotopic (exact) mass is 205 g/mol. The van der Waals surface area contributed by atoms with E-state index in [1.54, 1.807) is 11.3 Å². The third kappa shape index (κ3) is 3.01. The number of hydrogen-bond acceptors (Lipinski definition) is 1. The zero-order valence-corrected chi connectivity index (χ0v) is 9.90. The highest BCUT2D eigenvalue weighted by Crippen LogP contribution is 2.32. The van der Waals surface area contributed by atoms with Crippen LogP contribution in [-0.4, -0.2) is 0 Å². The van der Waals surface area contributed by atoms with E-state index in [0.717, 1.165) is 5.00 Å². The van der Waals surface area contributed by atoms with Gasteiger partial charge in [0.2, 0.25) is 5.00 Å². The molecule has 0 saturated heterocycles. The molecule has 0 aliphatic carbocycles. The first-order chi connectivity index (χ1) is 6.42. The second-order valence-corrected chi connectivity index (χ2v) is 5.51. The Hall–Kier alpha value is -1.07. The standard InChI is InChI=1S/C12H15NS/c1-9(8-12(2,3)4)10-6-7-11(13-5)14-10/h6-8H,1-4H3/b9-8+. The molecule has 0 aliphatic rings. The quantitative estimate of drug-likeness (QED) is 0.583. The molecule has 0 N–H and O–H groups in total. The molecule has 2 heteroatoms. The van der Waals surface area contributed by atoms with Crippen LogP contribution in [-0.2, 0) is 0 Å². The largest absolute Gasteiger partial charge is 0.241 e. The number of hydrogen-bond donors (Lipinski definition) is 0. The molecule has 0 amide bonds. The van der Waals surface area contributed by atoms with Gasteiger partial charge in [0, 0.05) is 4.88 Å². The normalized spacial score (nSPS) is 12.6. The van der Waals surface area contributed by atoms with Crippen LogP contribution in [0, 0.1) is 12.0 Å². The molecule has 1 heterocycles. The molecule has 0 spiro atoms. The average molecular weight is 205 g/mol. The van der Waals surface area contributed by atoms with Gasteiger partial charge in [0.05, 0.1) is 6.57 Å². The summed E-state index contributed by atoms with van der Waals surface area (Å²) in [6, 6.07) is 3.91. The van der Waals surface area contributed by atoms with Gasteiger partial charge >= 0.3 is 0 Å². The van der Waals surface area contributed by atoms with Crippen LogP contribution in [0.15, 0.2) is 18.2 Å². The van der Waals surface area contributed by atoms with Crippen molar-refractivity contribution in [2.45, 2.75) is 27.7 Å². The Labute approximate surface area is 89.9 Å². The lowest BCUT2D eigenvalue weighted by Gasteiger charge is -2.13. The predicted molar refractivity (Wildman–Crippen MR) is 63.7 cm³/mol. The van der Waals surface area contributed by atoms with Gasteiger partial charge in [-0.25, -0.2) is 4.85 Å².